The van der Waals surface area contributed by atoms with Crippen LogP contribution in [0.15, 0.2) is 18.2 Å². The Kier molecular flexibility index (Phi) is 4.03. The quantitative estimate of drug-likeness (QED) is 0.677. The first-order valence-electron chi connectivity index (χ1n) is 6.20. The molecule has 0 atom stereocenters. The van der Waals surface area contributed by atoms with Crippen molar-refractivity contribution in [2.45, 2.75) is 33.1 Å². The van der Waals surface area contributed by atoms with Crippen LogP contribution in [-0.4, -0.2) is 9.97 Å². The summed E-state index contributed by atoms with van der Waals surface area (Å²) in [5.74, 6) is 0.235. The standard InChI is InChI=1S/C15H15Cl2FN2/c1-8-12(10-7-9(18)5-6-11(10)16)19-14(15(2,3)4)20-13(8)17/h5-7H,1-4H3. The van der Waals surface area contributed by atoms with E-state index in [9.17, 15) is 4.39 Å². The predicted octanol–water partition coefficient (Wildman–Crippen LogP) is 5.20. The Hall–Kier alpha value is -1.19. The third-order valence-corrected chi connectivity index (χ3v) is 3.64. The van der Waals surface area contributed by atoms with Crippen molar-refractivity contribution in [3.63, 3.8) is 0 Å². The highest BCUT2D eigenvalue weighted by Crippen LogP contribution is 2.33. The highest BCUT2D eigenvalue weighted by molar-refractivity contribution is 6.33. The lowest BCUT2D eigenvalue weighted by molar-refractivity contribution is 0.545. The van der Waals surface area contributed by atoms with E-state index < -0.39 is 0 Å². The van der Waals surface area contributed by atoms with Gasteiger partial charge in [-0.3, -0.25) is 0 Å². The molecule has 1 aromatic carbocycles. The summed E-state index contributed by atoms with van der Waals surface area (Å²) in [4.78, 5) is 8.83. The van der Waals surface area contributed by atoms with E-state index in [0.29, 0.717) is 32.8 Å². The molecule has 20 heavy (non-hydrogen) atoms. The Bertz CT molecular complexity index is 664. The smallest absolute Gasteiger partial charge is 0.136 e. The summed E-state index contributed by atoms with van der Waals surface area (Å²) in [5, 5.41) is 0.796. The number of hydrogen-bond donors (Lipinski definition) is 0. The Morgan fingerprint density at radius 1 is 1.10 bits per heavy atom. The molecule has 0 N–H and O–H groups in total. The number of hydrogen-bond acceptors (Lipinski definition) is 2. The minimum Gasteiger partial charge on any atom is -0.232 e. The Labute approximate surface area is 128 Å². The van der Waals surface area contributed by atoms with Crippen molar-refractivity contribution in [2.75, 3.05) is 0 Å². The van der Waals surface area contributed by atoms with E-state index in [2.05, 4.69) is 9.97 Å². The Morgan fingerprint density at radius 2 is 1.75 bits per heavy atom. The predicted molar refractivity (Wildman–Crippen MR) is 80.9 cm³/mol. The second kappa shape index (κ2) is 5.30. The molecule has 0 aliphatic rings. The molecule has 0 saturated heterocycles. The fraction of sp³-hybridized carbons (Fsp3) is 0.333. The Balaban J connectivity index is 2.73. The Morgan fingerprint density at radius 3 is 2.35 bits per heavy atom. The van der Waals surface area contributed by atoms with Crippen molar-refractivity contribution >= 4 is 23.2 Å². The molecule has 0 saturated carbocycles. The molecule has 2 aromatic rings. The van der Waals surface area contributed by atoms with Gasteiger partial charge in [-0.05, 0) is 25.1 Å². The molecule has 0 aliphatic heterocycles. The number of nitrogens with zero attached hydrogens (tertiary/aromatic N) is 2. The second-order valence-corrected chi connectivity index (χ2v) is 6.45. The van der Waals surface area contributed by atoms with Gasteiger partial charge in [0, 0.05) is 16.5 Å². The largest absolute Gasteiger partial charge is 0.232 e. The second-order valence-electron chi connectivity index (χ2n) is 5.69. The van der Waals surface area contributed by atoms with Crippen LogP contribution in [0.1, 0.15) is 32.2 Å². The molecule has 2 nitrogen and oxygen atoms in total. The van der Waals surface area contributed by atoms with Gasteiger partial charge in [0.1, 0.15) is 16.8 Å². The molecule has 0 amide bonds. The van der Waals surface area contributed by atoms with E-state index in [-0.39, 0.29) is 11.2 Å². The SMILES string of the molecule is Cc1c(Cl)nc(C(C)(C)C)nc1-c1cc(F)ccc1Cl. The van der Waals surface area contributed by atoms with Crippen molar-refractivity contribution in [3.8, 4) is 11.3 Å². The summed E-state index contributed by atoms with van der Waals surface area (Å²) in [6.07, 6.45) is 0. The van der Waals surface area contributed by atoms with Crippen LogP contribution in [0, 0.1) is 12.7 Å². The van der Waals surface area contributed by atoms with Crippen LogP contribution in [0.5, 0.6) is 0 Å². The van der Waals surface area contributed by atoms with E-state index in [1.165, 1.54) is 18.2 Å². The lowest BCUT2D eigenvalue weighted by atomic mass is 9.95. The van der Waals surface area contributed by atoms with Crippen LogP contribution < -0.4 is 0 Å². The van der Waals surface area contributed by atoms with E-state index >= 15 is 0 Å². The molecule has 0 fully saturated rings. The van der Waals surface area contributed by atoms with Gasteiger partial charge in [0.2, 0.25) is 0 Å². The van der Waals surface area contributed by atoms with Gasteiger partial charge in [-0.25, -0.2) is 14.4 Å². The molecule has 0 unspecified atom stereocenters. The molecule has 5 heteroatoms. The van der Waals surface area contributed by atoms with Crippen molar-refractivity contribution in [1.29, 1.82) is 0 Å². The van der Waals surface area contributed by atoms with Gasteiger partial charge >= 0.3 is 0 Å². The molecule has 1 heterocycles. The van der Waals surface area contributed by atoms with Crippen molar-refractivity contribution in [1.82, 2.24) is 9.97 Å². The molecular weight excluding hydrogens is 298 g/mol. The highest BCUT2D eigenvalue weighted by Gasteiger charge is 2.22. The van der Waals surface area contributed by atoms with E-state index in [1.807, 2.05) is 20.8 Å². The van der Waals surface area contributed by atoms with E-state index in [0.717, 1.165) is 0 Å². The molecule has 2 rings (SSSR count). The fourth-order valence-corrected chi connectivity index (χ4v) is 2.14. The maximum Gasteiger partial charge on any atom is 0.136 e. The van der Waals surface area contributed by atoms with Crippen LogP contribution in [0.2, 0.25) is 10.2 Å². The molecule has 0 aliphatic carbocycles. The van der Waals surface area contributed by atoms with Crippen LogP contribution in [0.25, 0.3) is 11.3 Å². The molecular formula is C15H15Cl2FN2. The monoisotopic (exact) mass is 312 g/mol. The van der Waals surface area contributed by atoms with Crippen LogP contribution in [0.3, 0.4) is 0 Å². The lowest BCUT2D eigenvalue weighted by Crippen LogP contribution is -2.17. The zero-order chi connectivity index (χ0) is 15.1. The topological polar surface area (TPSA) is 25.8 Å². The van der Waals surface area contributed by atoms with Gasteiger partial charge in [0.25, 0.3) is 0 Å². The van der Waals surface area contributed by atoms with Crippen LogP contribution in [0.4, 0.5) is 4.39 Å². The van der Waals surface area contributed by atoms with Crippen molar-refractivity contribution in [2.24, 2.45) is 0 Å². The summed E-state index contributed by atoms with van der Waals surface area (Å²) in [6.45, 7) is 7.77. The zero-order valence-electron chi connectivity index (χ0n) is 11.8. The lowest BCUT2D eigenvalue weighted by Gasteiger charge is -2.19. The van der Waals surface area contributed by atoms with Gasteiger partial charge in [0.05, 0.1) is 10.7 Å². The fourth-order valence-electron chi connectivity index (χ4n) is 1.77. The molecule has 0 bridgehead atoms. The molecule has 0 spiro atoms. The number of rotatable bonds is 1. The zero-order valence-corrected chi connectivity index (χ0v) is 13.3. The maximum atomic E-state index is 13.5. The van der Waals surface area contributed by atoms with Gasteiger partial charge in [-0.2, -0.15) is 0 Å². The summed E-state index contributed by atoms with van der Waals surface area (Å²) in [6, 6.07) is 4.19. The summed E-state index contributed by atoms with van der Waals surface area (Å²) in [5.41, 5.74) is 1.52. The number of halogens is 3. The highest BCUT2D eigenvalue weighted by atomic mass is 35.5. The average molecular weight is 313 g/mol. The summed E-state index contributed by atoms with van der Waals surface area (Å²) >= 11 is 12.3. The molecule has 106 valence electrons. The maximum absolute atomic E-state index is 13.5. The van der Waals surface area contributed by atoms with Gasteiger partial charge in [-0.1, -0.05) is 44.0 Å². The third-order valence-electron chi connectivity index (χ3n) is 2.94. The normalized spacial score (nSPS) is 11.8. The third kappa shape index (κ3) is 2.94. The summed E-state index contributed by atoms with van der Waals surface area (Å²) in [7, 11) is 0. The van der Waals surface area contributed by atoms with Crippen LogP contribution in [-0.2, 0) is 5.41 Å². The van der Waals surface area contributed by atoms with Gasteiger partial charge in [-0.15, -0.1) is 0 Å². The van der Waals surface area contributed by atoms with Crippen molar-refractivity contribution in [3.05, 3.63) is 45.6 Å². The number of aromatic nitrogens is 2. The van der Waals surface area contributed by atoms with Crippen LogP contribution >= 0.6 is 23.2 Å². The van der Waals surface area contributed by atoms with Crippen molar-refractivity contribution < 1.29 is 4.39 Å². The van der Waals surface area contributed by atoms with Gasteiger partial charge < -0.3 is 0 Å². The van der Waals surface area contributed by atoms with E-state index in [1.54, 1.807) is 6.92 Å². The minimum atomic E-state index is -0.365. The first-order valence-corrected chi connectivity index (χ1v) is 6.96. The number of benzene rings is 1. The first kappa shape index (κ1) is 15.2. The molecule has 1 aromatic heterocycles. The summed E-state index contributed by atoms with van der Waals surface area (Å²) < 4.78 is 13.5. The molecule has 0 radical (unpaired) electrons. The minimum absolute atomic E-state index is 0.258. The average Bonchev–Trinajstić information content (AvgIpc) is 2.34. The van der Waals surface area contributed by atoms with E-state index in [4.69, 9.17) is 23.2 Å². The van der Waals surface area contributed by atoms with Gasteiger partial charge in [0.15, 0.2) is 0 Å². The first-order chi connectivity index (χ1) is 9.20.